The molecule has 0 spiro atoms. The normalized spacial score (nSPS) is 14.7. The van der Waals surface area contributed by atoms with Gasteiger partial charge in [0.15, 0.2) is 0 Å². The third-order valence-electron chi connectivity index (χ3n) is 3.94. The highest BCUT2D eigenvalue weighted by Crippen LogP contribution is 2.22. The van der Waals surface area contributed by atoms with Crippen molar-refractivity contribution in [3.8, 4) is 0 Å². The Labute approximate surface area is 121 Å². The Hall–Kier alpha value is -1.80. The van der Waals surface area contributed by atoms with E-state index < -0.39 is 0 Å². The summed E-state index contributed by atoms with van der Waals surface area (Å²) < 4.78 is 0. The molecular weight excluding hydrogens is 244 g/mol. The first-order valence-corrected chi connectivity index (χ1v) is 7.51. The first-order chi connectivity index (χ1) is 9.93. The number of nitrogens with zero attached hydrogens (tertiary/aromatic N) is 1. The molecule has 0 atom stereocenters. The fourth-order valence-corrected chi connectivity index (χ4v) is 2.88. The van der Waals surface area contributed by atoms with Gasteiger partial charge in [0.25, 0.3) is 0 Å². The Morgan fingerprint density at radius 1 is 0.950 bits per heavy atom. The molecule has 1 heterocycles. The van der Waals surface area contributed by atoms with E-state index in [2.05, 4.69) is 64.8 Å². The van der Waals surface area contributed by atoms with E-state index >= 15 is 0 Å². The van der Waals surface area contributed by atoms with E-state index in [9.17, 15) is 0 Å². The largest absolute Gasteiger partial charge is 0.370 e. The summed E-state index contributed by atoms with van der Waals surface area (Å²) in [6.45, 7) is 4.30. The minimum Gasteiger partial charge on any atom is -0.370 e. The highest BCUT2D eigenvalue weighted by Gasteiger charge is 2.13. The summed E-state index contributed by atoms with van der Waals surface area (Å²) in [5.74, 6) is 0. The minimum atomic E-state index is 0.991. The van der Waals surface area contributed by atoms with Crippen LogP contribution in [0, 0.1) is 0 Å². The lowest BCUT2D eigenvalue weighted by atomic mass is 10.1. The van der Waals surface area contributed by atoms with Gasteiger partial charge < -0.3 is 10.2 Å². The van der Waals surface area contributed by atoms with E-state index in [1.54, 1.807) is 0 Å². The minimum absolute atomic E-state index is 0.991. The fraction of sp³-hybridized carbons (Fsp3) is 0.333. The van der Waals surface area contributed by atoms with Crippen molar-refractivity contribution in [1.29, 1.82) is 0 Å². The maximum Gasteiger partial charge on any atom is 0.0412 e. The zero-order valence-electron chi connectivity index (χ0n) is 11.9. The number of nitrogens with one attached hydrogen (secondary N) is 1. The van der Waals surface area contributed by atoms with Crippen LogP contribution >= 0.6 is 0 Å². The van der Waals surface area contributed by atoms with Gasteiger partial charge in [-0.3, -0.25) is 0 Å². The standard InChI is InChI=1S/C18H22N2/c1-2-7-16(8-3-1)9-6-13-20-14-12-19-15-17-10-4-5-11-18(17)20/h1-5,7-8,10-11,19H,6,9,12-15H2. The van der Waals surface area contributed by atoms with Crippen molar-refractivity contribution in [1.82, 2.24) is 5.32 Å². The van der Waals surface area contributed by atoms with E-state index in [1.807, 2.05) is 0 Å². The molecule has 0 radical (unpaired) electrons. The van der Waals surface area contributed by atoms with Crippen LogP contribution in [0.2, 0.25) is 0 Å². The quantitative estimate of drug-likeness (QED) is 0.914. The summed E-state index contributed by atoms with van der Waals surface area (Å²) in [7, 11) is 0. The summed E-state index contributed by atoms with van der Waals surface area (Å²) in [4.78, 5) is 2.53. The molecule has 0 aromatic heterocycles. The van der Waals surface area contributed by atoms with Crippen LogP contribution in [0.15, 0.2) is 54.6 Å². The van der Waals surface area contributed by atoms with Gasteiger partial charge in [0, 0.05) is 31.9 Å². The Bertz CT molecular complexity index is 536. The molecule has 0 amide bonds. The van der Waals surface area contributed by atoms with Gasteiger partial charge >= 0.3 is 0 Å². The van der Waals surface area contributed by atoms with Crippen LogP contribution in [-0.2, 0) is 13.0 Å². The van der Waals surface area contributed by atoms with Crippen molar-refractivity contribution >= 4 is 5.69 Å². The van der Waals surface area contributed by atoms with Crippen LogP contribution in [0.4, 0.5) is 5.69 Å². The molecule has 0 bridgehead atoms. The fourth-order valence-electron chi connectivity index (χ4n) is 2.88. The van der Waals surface area contributed by atoms with Crippen LogP contribution < -0.4 is 10.2 Å². The van der Waals surface area contributed by atoms with Crippen LogP contribution in [0.25, 0.3) is 0 Å². The second-order valence-corrected chi connectivity index (χ2v) is 5.38. The topological polar surface area (TPSA) is 15.3 Å². The van der Waals surface area contributed by atoms with Crippen molar-refractivity contribution < 1.29 is 0 Å². The first-order valence-electron chi connectivity index (χ1n) is 7.51. The van der Waals surface area contributed by atoms with Crippen molar-refractivity contribution in [2.75, 3.05) is 24.5 Å². The second-order valence-electron chi connectivity index (χ2n) is 5.38. The van der Waals surface area contributed by atoms with E-state index in [0.29, 0.717) is 0 Å². The molecule has 3 rings (SSSR count). The zero-order valence-corrected chi connectivity index (χ0v) is 11.9. The summed E-state index contributed by atoms with van der Waals surface area (Å²) in [5.41, 5.74) is 4.27. The zero-order chi connectivity index (χ0) is 13.6. The number of rotatable bonds is 4. The molecular formula is C18H22N2. The summed E-state index contributed by atoms with van der Waals surface area (Å²) in [5, 5.41) is 3.50. The van der Waals surface area contributed by atoms with E-state index in [4.69, 9.17) is 0 Å². The highest BCUT2D eigenvalue weighted by molar-refractivity contribution is 5.54. The summed E-state index contributed by atoms with van der Waals surface area (Å²) in [6.07, 6.45) is 2.37. The number of fused-ring (bicyclic) bond motifs is 1. The lowest BCUT2D eigenvalue weighted by molar-refractivity contribution is 0.674. The van der Waals surface area contributed by atoms with Crippen LogP contribution in [-0.4, -0.2) is 19.6 Å². The Morgan fingerprint density at radius 2 is 1.75 bits per heavy atom. The molecule has 0 saturated heterocycles. The molecule has 0 fully saturated rings. The first kappa shape index (κ1) is 13.2. The van der Waals surface area contributed by atoms with Gasteiger partial charge in [-0.2, -0.15) is 0 Å². The Morgan fingerprint density at radius 3 is 2.65 bits per heavy atom. The number of aryl methyl sites for hydroxylation is 1. The average Bonchev–Trinajstić information content (AvgIpc) is 2.71. The molecule has 0 saturated carbocycles. The third kappa shape index (κ3) is 3.20. The number of hydrogen-bond donors (Lipinski definition) is 1. The molecule has 104 valence electrons. The van der Waals surface area contributed by atoms with Gasteiger partial charge in [0.1, 0.15) is 0 Å². The van der Waals surface area contributed by atoms with E-state index in [1.165, 1.54) is 23.2 Å². The molecule has 1 N–H and O–H groups in total. The predicted molar refractivity (Wildman–Crippen MR) is 85.1 cm³/mol. The molecule has 20 heavy (non-hydrogen) atoms. The van der Waals surface area contributed by atoms with Gasteiger partial charge in [-0.15, -0.1) is 0 Å². The molecule has 2 aromatic carbocycles. The lowest BCUT2D eigenvalue weighted by Gasteiger charge is -2.24. The van der Waals surface area contributed by atoms with Crippen LogP contribution in [0.1, 0.15) is 17.5 Å². The number of hydrogen-bond acceptors (Lipinski definition) is 2. The maximum absolute atomic E-state index is 3.50. The maximum atomic E-state index is 3.50. The molecule has 0 aliphatic carbocycles. The second kappa shape index (κ2) is 6.58. The molecule has 2 heteroatoms. The lowest BCUT2D eigenvalue weighted by Crippen LogP contribution is -2.29. The highest BCUT2D eigenvalue weighted by atomic mass is 15.2. The smallest absolute Gasteiger partial charge is 0.0412 e. The Kier molecular flexibility index (Phi) is 4.34. The monoisotopic (exact) mass is 266 g/mol. The number of benzene rings is 2. The van der Waals surface area contributed by atoms with Gasteiger partial charge in [-0.25, -0.2) is 0 Å². The van der Waals surface area contributed by atoms with Crippen LogP contribution in [0.3, 0.4) is 0 Å². The van der Waals surface area contributed by atoms with E-state index in [-0.39, 0.29) is 0 Å². The summed E-state index contributed by atoms with van der Waals surface area (Å²) in [6, 6.07) is 19.5. The molecule has 1 aliphatic rings. The van der Waals surface area contributed by atoms with Gasteiger partial charge in [0.2, 0.25) is 0 Å². The third-order valence-corrected chi connectivity index (χ3v) is 3.94. The number of para-hydroxylation sites is 1. The summed E-state index contributed by atoms with van der Waals surface area (Å²) >= 11 is 0. The number of anilines is 1. The molecule has 2 aromatic rings. The molecule has 2 nitrogen and oxygen atoms in total. The molecule has 0 unspecified atom stereocenters. The van der Waals surface area contributed by atoms with Crippen molar-refractivity contribution in [3.63, 3.8) is 0 Å². The van der Waals surface area contributed by atoms with Gasteiger partial charge in [0.05, 0.1) is 0 Å². The van der Waals surface area contributed by atoms with Gasteiger partial charge in [-0.1, -0.05) is 48.5 Å². The van der Waals surface area contributed by atoms with Crippen LogP contribution in [0.5, 0.6) is 0 Å². The molecule has 1 aliphatic heterocycles. The van der Waals surface area contributed by atoms with E-state index in [0.717, 1.165) is 32.6 Å². The SMILES string of the molecule is c1ccc(CCCN2CCNCc3ccccc32)cc1. The average molecular weight is 266 g/mol. The van der Waals surface area contributed by atoms with Gasteiger partial charge in [-0.05, 0) is 30.0 Å². The van der Waals surface area contributed by atoms with Crippen molar-refractivity contribution in [3.05, 3.63) is 65.7 Å². The predicted octanol–water partition coefficient (Wildman–Crippen LogP) is 3.23. The van der Waals surface area contributed by atoms with Crippen molar-refractivity contribution in [2.45, 2.75) is 19.4 Å². The Balaban J connectivity index is 1.62. The van der Waals surface area contributed by atoms with Crippen molar-refractivity contribution in [2.24, 2.45) is 0 Å².